The van der Waals surface area contributed by atoms with Gasteiger partial charge >= 0.3 is 0 Å². The molecule has 1 aromatic carbocycles. The second-order valence-corrected chi connectivity index (χ2v) is 5.24. The molecule has 1 aromatic rings. The van der Waals surface area contributed by atoms with E-state index in [4.69, 9.17) is 0 Å². The molecule has 1 fully saturated rings. The summed E-state index contributed by atoms with van der Waals surface area (Å²) in [4.78, 5) is 22.6. The lowest BCUT2D eigenvalue weighted by molar-refractivity contribution is -0.716. The van der Waals surface area contributed by atoms with Gasteiger partial charge in [0.15, 0.2) is 0 Å². The van der Waals surface area contributed by atoms with Crippen LogP contribution in [0.15, 0.2) is 18.2 Å². The van der Waals surface area contributed by atoms with Crippen molar-refractivity contribution >= 4 is 17.1 Å². The first-order valence-corrected chi connectivity index (χ1v) is 6.41. The molecule has 1 aliphatic heterocycles. The maximum absolute atomic E-state index is 11.2. The standard InChI is InChI=1S/C12H16N4O4/c1-8-6-14(7-9(2)13-8)11-4-3-10(15(17)18)5-12(11)16(19)20/h3-5,8-9,13H,6-7H2,1-2H3/p+1/t8-,9-/m1/s1. The van der Waals surface area contributed by atoms with Gasteiger partial charge in [-0.05, 0) is 19.9 Å². The van der Waals surface area contributed by atoms with Crippen molar-refractivity contribution in [1.82, 2.24) is 0 Å². The Bertz CT molecular complexity index is 538. The summed E-state index contributed by atoms with van der Waals surface area (Å²) in [7, 11) is 0. The van der Waals surface area contributed by atoms with Gasteiger partial charge in [0.05, 0.1) is 29.0 Å². The fourth-order valence-electron chi connectivity index (χ4n) is 2.69. The summed E-state index contributed by atoms with van der Waals surface area (Å²) in [6.07, 6.45) is 0. The molecule has 0 aromatic heterocycles. The van der Waals surface area contributed by atoms with E-state index in [1.807, 2.05) is 4.90 Å². The van der Waals surface area contributed by atoms with E-state index in [0.29, 0.717) is 30.9 Å². The lowest BCUT2D eigenvalue weighted by atomic mass is 10.1. The second-order valence-electron chi connectivity index (χ2n) is 5.24. The molecule has 0 bridgehead atoms. The number of nitrogens with two attached hydrogens (primary N) is 1. The van der Waals surface area contributed by atoms with Crippen LogP contribution in [0.2, 0.25) is 0 Å². The molecule has 0 radical (unpaired) electrons. The first kappa shape index (κ1) is 14.2. The second kappa shape index (κ2) is 5.41. The number of quaternary nitrogens is 1. The van der Waals surface area contributed by atoms with E-state index in [9.17, 15) is 20.2 Å². The molecule has 2 rings (SSSR count). The number of rotatable bonds is 3. The highest BCUT2D eigenvalue weighted by molar-refractivity contribution is 5.67. The fraction of sp³-hybridized carbons (Fsp3) is 0.500. The lowest BCUT2D eigenvalue weighted by Gasteiger charge is -2.34. The van der Waals surface area contributed by atoms with Crippen LogP contribution in [0.4, 0.5) is 17.1 Å². The van der Waals surface area contributed by atoms with Crippen LogP contribution in [0.1, 0.15) is 13.8 Å². The zero-order valence-electron chi connectivity index (χ0n) is 11.4. The molecule has 8 nitrogen and oxygen atoms in total. The lowest BCUT2D eigenvalue weighted by Crippen LogP contribution is -2.99. The SMILES string of the molecule is C[C@@H]1CN(c2ccc([N+](=O)[O-])cc2[N+](=O)[O-])C[C@@H](C)[NH2+]1. The molecule has 0 unspecified atom stereocenters. The van der Waals surface area contributed by atoms with E-state index >= 15 is 0 Å². The molecular weight excluding hydrogens is 264 g/mol. The number of benzene rings is 1. The zero-order chi connectivity index (χ0) is 14.9. The first-order valence-electron chi connectivity index (χ1n) is 6.41. The van der Waals surface area contributed by atoms with Crippen LogP contribution in [0, 0.1) is 20.2 Å². The van der Waals surface area contributed by atoms with Gasteiger partial charge in [-0.3, -0.25) is 20.2 Å². The van der Waals surface area contributed by atoms with Gasteiger partial charge in [0, 0.05) is 6.07 Å². The first-order chi connectivity index (χ1) is 9.38. The van der Waals surface area contributed by atoms with Gasteiger partial charge < -0.3 is 10.2 Å². The van der Waals surface area contributed by atoms with Crippen molar-refractivity contribution in [2.75, 3.05) is 18.0 Å². The van der Waals surface area contributed by atoms with Crippen LogP contribution in [0.25, 0.3) is 0 Å². The highest BCUT2D eigenvalue weighted by atomic mass is 16.6. The van der Waals surface area contributed by atoms with Crippen LogP contribution < -0.4 is 10.2 Å². The maximum atomic E-state index is 11.2. The Labute approximate surface area is 115 Å². The number of hydrogen-bond acceptors (Lipinski definition) is 5. The van der Waals surface area contributed by atoms with Crippen LogP contribution >= 0.6 is 0 Å². The van der Waals surface area contributed by atoms with Crippen molar-refractivity contribution in [3.05, 3.63) is 38.4 Å². The van der Waals surface area contributed by atoms with Gasteiger partial charge in [0.1, 0.15) is 17.8 Å². The third-order valence-electron chi connectivity index (χ3n) is 3.38. The molecule has 0 spiro atoms. The Kier molecular flexibility index (Phi) is 3.84. The third kappa shape index (κ3) is 2.85. The number of anilines is 1. The van der Waals surface area contributed by atoms with Crippen LogP contribution in [0.5, 0.6) is 0 Å². The minimum Gasteiger partial charge on any atom is -0.354 e. The molecule has 1 saturated heterocycles. The van der Waals surface area contributed by atoms with Gasteiger partial charge in [0.25, 0.3) is 11.4 Å². The van der Waals surface area contributed by atoms with Crippen molar-refractivity contribution < 1.29 is 15.2 Å². The van der Waals surface area contributed by atoms with E-state index in [2.05, 4.69) is 19.2 Å². The minimum absolute atomic E-state index is 0.208. The molecule has 0 aliphatic carbocycles. The fourth-order valence-corrected chi connectivity index (χ4v) is 2.69. The molecule has 20 heavy (non-hydrogen) atoms. The highest BCUT2D eigenvalue weighted by Crippen LogP contribution is 2.32. The average Bonchev–Trinajstić information content (AvgIpc) is 2.36. The Hall–Kier alpha value is -2.22. The molecule has 2 atom stereocenters. The van der Waals surface area contributed by atoms with Crippen LogP contribution in [-0.4, -0.2) is 35.0 Å². The summed E-state index contributed by atoms with van der Waals surface area (Å²) in [5.74, 6) is 0. The van der Waals surface area contributed by atoms with Gasteiger partial charge in [0.2, 0.25) is 0 Å². The molecule has 108 valence electrons. The molecule has 2 N–H and O–H groups in total. The van der Waals surface area contributed by atoms with Crippen molar-refractivity contribution in [2.45, 2.75) is 25.9 Å². The Morgan fingerprint density at radius 3 is 2.25 bits per heavy atom. The third-order valence-corrected chi connectivity index (χ3v) is 3.38. The normalized spacial score (nSPS) is 22.6. The van der Waals surface area contributed by atoms with E-state index in [1.54, 1.807) is 0 Å². The summed E-state index contributed by atoms with van der Waals surface area (Å²) in [6.45, 7) is 5.48. The molecule has 1 heterocycles. The van der Waals surface area contributed by atoms with Crippen molar-refractivity contribution in [2.24, 2.45) is 0 Å². The van der Waals surface area contributed by atoms with Crippen molar-refractivity contribution in [3.63, 3.8) is 0 Å². The number of nitrogens with zero attached hydrogens (tertiary/aromatic N) is 3. The summed E-state index contributed by atoms with van der Waals surface area (Å²) in [5.41, 5.74) is -0.0157. The highest BCUT2D eigenvalue weighted by Gasteiger charge is 2.30. The number of piperazine rings is 1. The maximum Gasteiger partial charge on any atom is 0.299 e. The van der Waals surface area contributed by atoms with Gasteiger partial charge in [-0.25, -0.2) is 0 Å². The van der Waals surface area contributed by atoms with Crippen LogP contribution in [0.3, 0.4) is 0 Å². The zero-order valence-corrected chi connectivity index (χ0v) is 11.4. The molecular formula is C12H17N4O4+. The molecule has 0 saturated carbocycles. The predicted octanol–water partition coefficient (Wildman–Crippen LogP) is 0.663. The van der Waals surface area contributed by atoms with Crippen LogP contribution in [-0.2, 0) is 0 Å². The summed E-state index contributed by atoms with van der Waals surface area (Å²) in [6, 6.07) is 4.47. The van der Waals surface area contributed by atoms with Gasteiger partial charge in [-0.1, -0.05) is 0 Å². The van der Waals surface area contributed by atoms with Gasteiger partial charge in [-0.15, -0.1) is 0 Å². The van der Waals surface area contributed by atoms with Crippen molar-refractivity contribution in [1.29, 1.82) is 0 Å². The number of non-ortho nitro benzene ring substituents is 1. The largest absolute Gasteiger partial charge is 0.354 e. The van der Waals surface area contributed by atoms with E-state index < -0.39 is 9.85 Å². The molecule has 8 heteroatoms. The van der Waals surface area contributed by atoms with E-state index in [-0.39, 0.29) is 11.4 Å². The Balaban J connectivity index is 2.40. The Morgan fingerprint density at radius 1 is 1.15 bits per heavy atom. The van der Waals surface area contributed by atoms with E-state index in [0.717, 1.165) is 6.07 Å². The number of hydrogen-bond donors (Lipinski definition) is 1. The molecule has 0 amide bonds. The summed E-state index contributed by atoms with van der Waals surface area (Å²) >= 11 is 0. The van der Waals surface area contributed by atoms with Crippen molar-refractivity contribution in [3.8, 4) is 0 Å². The Morgan fingerprint density at radius 2 is 1.75 bits per heavy atom. The summed E-state index contributed by atoms with van der Waals surface area (Å²) in [5, 5.41) is 24.1. The van der Waals surface area contributed by atoms with Gasteiger partial charge in [-0.2, -0.15) is 0 Å². The molecule has 1 aliphatic rings. The number of nitro groups is 2. The smallest absolute Gasteiger partial charge is 0.299 e. The average molecular weight is 281 g/mol. The minimum atomic E-state index is -0.619. The monoisotopic (exact) mass is 281 g/mol. The van der Waals surface area contributed by atoms with E-state index in [1.165, 1.54) is 12.1 Å². The number of nitro benzene ring substituents is 2. The quantitative estimate of drug-likeness (QED) is 0.647. The summed E-state index contributed by atoms with van der Waals surface area (Å²) < 4.78 is 0. The topological polar surface area (TPSA) is 106 Å². The predicted molar refractivity (Wildman–Crippen MR) is 72.8 cm³/mol.